The average molecular weight is 298 g/mol. The molecule has 0 saturated carbocycles. The van der Waals surface area contributed by atoms with Crippen molar-refractivity contribution in [2.24, 2.45) is 0 Å². The fourth-order valence-corrected chi connectivity index (χ4v) is 2.08. The minimum Gasteiger partial charge on any atom is -0.478 e. The van der Waals surface area contributed by atoms with Crippen LogP contribution in [0.15, 0.2) is 23.8 Å². The van der Waals surface area contributed by atoms with Crippen LogP contribution in [0.3, 0.4) is 0 Å². The average Bonchev–Trinajstić information content (AvgIpc) is 2.65. The maximum Gasteiger partial charge on any atom is 0.331 e. The van der Waals surface area contributed by atoms with Gasteiger partial charge in [0.05, 0.1) is 16.3 Å². The minimum atomic E-state index is -1.16. The normalized spacial score (nSPS) is 14.8. The molecule has 20 heavy (non-hydrogen) atoms. The second-order valence-corrected chi connectivity index (χ2v) is 4.60. The Labute approximate surface area is 118 Å². The SMILES string of the molecule is CC(=CCN1C(=O)C(=O)c2c(Cl)ccc(F)c21)C(=O)O. The lowest BCUT2D eigenvalue weighted by Gasteiger charge is -2.15. The smallest absolute Gasteiger partial charge is 0.331 e. The first-order valence-corrected chi connectivity index (χ1v) is 5.96. The first-order chi connectivity index (χ1) is 9.34. The topological polar surface area (TPSA) is 74.7 Å². The van der Waals surface area contributed by atoms with Crippen molar-refractivity contribution in [2.45, 2.75) is 6.92 Å². The number of Topliss-reactive ketones (excluding diaryl/α,β-unsaturated/α-hetero) is 1. The monoisotopic (exact) mass is 297 g/mol. The van der Waals surface area contributed by atoms with E-state index >= 15 is 0 Å². The zero-order chi connectivity index (χ0) is 15.0. The van der Waals surface area contributed by atoms with Gasteiger partial charge in [-0.25, -0.2) is 9.18 Å². The number of carboxylic acid groups (broad SMARTS) is 1. The first kappa shape index (κ1) is 14.2. The van der Waals surface area contributed by atoms with Crippen molar-refractivity contribution in [3.8, 4) is 0 Å². The van der Waals surface area contributed by atoms with Gasteiger partial charge in [-0.2, -0.15) is 0 Å². The number of carboxylic acids is 1. The highest BCUT2D eigenvalue weighted by atomic mass is 35.5. The van der Waals surface area contributed by atoms with Crippen molar-refractivity contribution in [3.63, 3.8) is 0 Å². The number of benzene rings is 1. The van der Waals surface area contributed by atoms with Crippen molar-refractivity contribution in [2.75, 3.05) is 11.4 Å². The Balaban J connectivity index is 2.46. The van der Waals surface area contributed by atoms with Crippen LogP contribution < -0.4 is 4.90 Å². The van der Waals surface area contributed by atoms with E-state index in [-0.39, 0.29) is 28.4 Å². The highest BCUT2D eigenvalue weighted by Gasteiger charge is 2.39. The summed E-state index contributed by atoms with van der Waals surface area (Å²) in [6, 6.07) is 2.25. The van der Waals surface area contributed by atoms with Crippen LogP contribution in [0.5, 0.6) is 0 Å². The molecule has 7 heteroatoms. The second-order valence-electron chi connectivity index (χ2n) is 4.19. The van der Waals surface area contributed by atoms with Gasteiger partial charge in [-0.15, -0.1) is 0 Å². The van der Waals surface area contributed by atoms with E-state index in [0.29, 0.717) is 0 Å². The van der Waals surface area contributed by atoms with Gasteiger partial charge in [0.15, 0.2) is 0 Å². The molecule has 0 aromatic heterocycles. The molecule has 1 aliphatic heterocycles. The summed E-state index contributed by atoms with van der Waals surface area (Å²) in [5.41, 5.74) is -0.402. The molecule has 0 radical (unpaired) electrons. The number of ketones is 1. The largest absolute Gasteiger partial charge is 0.478 e. The maximum atomic E-state index is 13.8. The zero-order valence-corrected chi connectivity index (χ0v) is 11.1. The molecule has 1 amide bonds. The molecule has 1 aliphatic rings. The number of carbonyl (C=O) groups excluding carboxylic acids is 2. The fourth-order valence-electron chi connectivity index (χ4n) is 1.84. The van der Waals surface area contributed by atoms with Gasteiger partial charge < -0.3 is 5.11 Å². The number of rotatable bonds is 3. The van der Waals surface area contributed by atoms with Crippen molar-refractivity contribution >= 4 is 34.9 Å². The van der Waals surface area contributed by atoms with E-state index in [0.717, 1.165) is 11.0 Å². The van der Waals surface area contributed by atoms with Crippen LogP contribution in [0.1, 0.15) is 17.3 Å². The van der Waals surface area contributed by atoms with E-state index in [1.807, 2.05) is 0 Å². The molecule has 5 nitrogen and oxygen atoms in total. The van der Waals surface area contributed by atoms with Crippen LogP contribution in [-0.4, -0.2) is 29.3 Å². The number of halogens is 2. The van der Waals surface area contributed by atoms with Crippen LogP contribution in [-0.2, 0) is 9.59 Å². The van der Waals surface area contributed by atoms with Crippen LogP contribution >= 0.6 is 11.6 Å². The number of hydrogen-bond acceptors (Lipinski definition) is 3. The summed E-state index contributed by atoms with van der Waals surface area (Å²) in [5, 5.41) is 8.72. The third-order valence-corrected chi connectivity index (χ3v) is 3.25. The van der Waals surface area contributed by atoms with Gasteiger partial charge in [0.1, 0.15) is 5.82 Å². The number of aliphatic carboxylic acids is 1. The predicted octanol–water partition coefficient (Wildman–Crippen LogP) is 2.04. The molecule has 0 unspecified atom stereocenters. The summed E-state index contributed by atoms with van der Waals surface area (Å²) < 4.78 is 13.8. The molecule has 1 heterocycles. The number of fused-ring (bicyclic) bond motifs is 1. The van der Waals surface area contributed by atoms with Gasteiger partial charge in [-0.3, -0.25) is 14.5 Å². The molecule has 2 rings (SSSR count). The molecule has 0 spiro atoms. The van der Waals surface area contributed by atoms with Crippen molar-refractivity contribution < 1.29 is 23.9 Å². The van der Waals surface area contributed by atoms with Crippen LogP contribution in [0.2, 0.25) is 5.02 Å². The number of hydrogen-bond donors (Lipinski definition) is 1. The highest BCUT2D eigenvalue weighted by molar-refractivity contribution is 6.55. The predicted molar refractivity (Wildman–Crippen MR) is 69.5 cm³/mol. The second kappa shape index (κ2) is 5.05. The van der Waals surface area contributed by atoms with Crippen LogP contribution in [0.25, 0.3) is 0 Å². The minimum absolute atomic E-state index is 0.0128. The third kappa shape index (κ3) is 2.18. The summed E-state index contributed by atoms with van der Waals surface area (Å²) in [6.45, 7) is 1.12. The van der Waals surface area contributed by atoms with E-state index in [1.54, 1.807) is 0 Å². The molecular formula is C13H9ClFNO4. The molecule has 1 aromatic rings. The molecule has 1 N–H and O–H groups in total. The molecule has 0 fully saturated rings. The van der Waals surface area contributed by atoms with Gasteiger partial charge in [0.25, 0.3) is 11.7 Å². The Morgan fingerprint density at radius 1 is 1.45 bits per heavy atom. The summed E-state index contributed by atoms with van der Waals surface area (Å²) in [7, 11) is 0. The maximum absolute atomic E-state index is 13.8. The van der Waals surface area contributed by atoms with Crippen LogP contribution in [0, 0.1) is 5.82 Å². The Bertz CT molecular complexity index is 669. The van der Waals surface area contributed by atoms with E-state index in [9.17, 15) is 18.8 Å². The van der Waals surface area contributed by atoms with Crippen molar-refractivity contribution in [1.29, 1.82) is 0 Å². The molecule has 0 saturated heterocycles. The number of carbonyl (C=O) groups is 3. The Hall–Kier alpha value is -2.21. The van der Waals surface area contributed by atoms with Gasteiger partial charge >= 0.3 is 5.97 Å². The summed E-state index contributed by atoms with van der Waals surface area (Å²) in [6.07, 6.45) is 1.23. The Kier molecular flexibility index (Phi) is 3.59. The number of anilines is 1. The standard InChI is InChI=1S/C13H9ClFNO4/c1-6(13(19)20)4-5-16-10-8(15)3-2-7(14)9(10)11(17)12(16)18/h2-4H,5H2,1H3,(H,19,20). The fraction of sp³-hybridized carbons (Fsp3) is 0.154. The van der Waals surface area contributed by atoms with Crippen molar-refractivity contribution in [3.05, 3.63) is 40.2 Å². The molecule has 0 aliphatic carbocycles. The van der Waals surface area contributed by atoms with E-state index in [4.69, 9.17) is 16.7 Å². The first-order valence-electron chi connectivity index (χ1n) is 5.58. The molecule has 0 bridgehead atoms. The quantitative estimate of drug-likeness (QED) is 0.684. The molecular weight excluding hydrogens is 289 g/mol. The Morgan fingerprint density at radius 3 is 2.70 bits per heavy atom. The van der Waals surface area contributed by atoms with E-state index in [1.165, 1.54) is 19.1 Å². The van der Waals surface area contributed by atoms with Gasteiger partial charge in [0.2, 0.25) is 0 Å². The van der Waals surface area contributed by atoms with Gasteiger partial charge in [-0.05, 0) is 19.1 Å². The summed E-state index contributed by atoms with van der Waals surface area (Å²) in [5.74, 6) is -3.74. The zero-order valence-electron chi connectivity index (χ0n) is 10.3. The Morgan fingerprint density at radius 2 is 2.10 bits per heavy atom. The molecule has 104 valence electrons. The lowest BCUT2D eigenvalue weighted by atomic mass is 10.1. The summed E-state index contributed by atoms with van der Waals surface area (Å²) >= 11 is 5.80. The van der Waals surface area contributed by atoms with Crippen molar-refractivity contribution in [1.82, 2.24) is 0 Å². The molecule has 0 atom stereocenters. The lowest BCUT2D eigenvalue weighted by molar-refractivity contribution is -0.132. The third-order valence-electron chi connectivity index (χ3n) is 2.93. The lowest BCUT2D eigenvalue weighted by Crippen LogP contribution is -2.30. The van der Waals surface area contributed by atoms with E-state index in [2.05, 4.69) is 0 Å². The van der Waals surface area contributed by atoms with Gasteiger partial charge in [-0.1, -0.05) is 17.7 Å². The number of nitrogens with zero attached hydrogens (tertiary/aromatic N) is 1. The van der Waals surface area contributed by atoms with Crippen LogP contribution in [0.4, 0.5) is 10.1 Å². The summed E-state index contributed by atoms with van der Waals surface area (Å²) in [4.78, 5) is 35.2. The number of amides is 1. The van der Waals surface area contributed by atoms with Gasteiger partial charge in [0, 0.05) is 12.1 Å². The molecule has 1 aromatic carbocycles. The highest BCUT2D eigenvalue weighted by Crippen LogP contribution is 2.36. The van der Waals surface area contributed by atoms with E-state index < -0.39 is 23.5 Å².